The van der Waals surface area contributed by atoms with E-state index >= 15 is 0 Å². The molecule has 2 aromatic carbocycles. The molecule has 1 saturated heterocycles. The quantitative estimate of drug-likeness (QED) is 0.282. The lowest BCUT2D eigenvalue weighted by molar-refractivity contribution is -0.142. The van der Waals surface area contributed by atoms with Crippen molar-refractivity contribution in [3.63, 3.8) is 0 Å². The average molecular weight is 589 g/mol. The summed E-state index contributed by atoms with van der Waals surface area (Å²) in [4.78, 5) is 24.7. The van der Waals surface area contributed by atoms with Gasteiger partial charge in [0.1, 0.15) is 10.9 Å². The Labute approximate surface area is 237 Å². The van der Waals surface area contributed by atoms with Crippen LogP contribution in [0.15, 0.2) is 59.5 Å². The van der Waals surface area contributed by atoms with E-state index in [4.69, 9.17) is 25.8 Å². The van der Waals surface area contributed by atoms with Gasteiger partial charge in [-0.05, 0) is 48.9 Å². The minimum Gasteiger partial charge on any atom is -0.497 e. The molecule has 4 rings (SSSR count). The van der Waals surface area contributed by atoms with Crippen molar-refractivity contribution in [2.45, 2.75) is 18.4 Å². The van der Waals surface area contributed by atoms with E-state index in [0.717, 1.165) is 17.4 Å². The smallest absolute Gasteiger partial charge is 0.331 e. The third-order valence-corrected chi connectivity index (χ3v) is 8.33. The maximum absolute atomic E-state index is 12.9. The monoisotopic (exact) mass is 588 g/mol. The molecule has 0 radical (unpaired) electrons. The molecular weight excluding hydrogens is 560 g/mol. The predicted octanol–water partition coefficient (Wildman–Crippen LogP) is 3.12. The summed E-state index contributed by atoms with van der Waals surface area (Å²) in [5.41, 5.74) is 2.36. The van der Waals surface area contributed by atoms with Gasteiger partial charge in [-0.25, -0.2) is 17.9 Å². The Bertz CT molecular complexity index is 1510. The molecule has 0 unspecified atom stereocenters. The van der Waals surface area contributed by atoms with Crippen LogP contribution in [0.25, 0.3) is 6.08 Å². The predicted molar refractivity (Wildman–Crippen MR) is 149 cm³/mol. The molecule has 1 N–H and O–H groups in total. The van der Waals surface area contributed by atoms with Crippen molar-refractivity contribution in [2.75, 3.05) is 45.3 Å². The Morgan fingerprint density at radius 3 is 2.65 bits per heavy atom. The average Bonchev–Trinajstić information content (AvgIpc) is 3.22. The van der Waals surface area contributed by atoms with E-state index in [2.05, 4.69) is 10.4 Å². The van der Waals surface area contributed by atoms with E-state index in [-0.39, 0.29) is 23.7 Å². The SMILES string of the molecule is COc1cccc(Cn2nc(C)c(/C=C/C(=O)OCC(=O)Nc3cccc(S(=O)(=O)N4CCOCC4)c3)c2Cl)c1. The molecule has 2 heterocycles. The third kappa shape index (κ3) is 7.27. The summed E-state index contributed by atoms with van der Waals surface area (Å²) in [6.45, 7) is 2.78. The Kier molecular flexibility index (Phi) is 9.58. The van der Waals surface area contributed by atoms with E-state index in [1.807, 2.05) is 24.3 Å². The summed E-state index contributed by atoms with van der Waals surface area (Å²) in [6.07, 6.45) is 2.64. The highest BCUT2D eigenvalue weighted by Crippen LogP contribution is 2.24. The summed E-state index contributed by atoms with van der Waals surface area (Å²) in [6, 6.07) is 13.4. The number of carbonyl (C=O) groups is 2. The van der Waals surface area contributed by atoms with Gasteiger partial charge in [0.15, 0.2) is 6.61 Å². The number of hydrogen-bond donors (Lipinski definition) is 1. The van der Waals surface area contributed by atoms with E-state index in [1.54, 1.807) is 24.8 Å². The van der Waals surface area contributed by atoms with E-state index in [1.165, 1.54) is 28.6 Å². The molecule has 1 aromatic heterocycles. The molecule has 0 bridgehead atoms. The molecule has 1 fully saturated rings. The lowest BCUT2D eigenvalue weighted by atomic mass is 10.2. The van der Waals surface area contributed by atoms with Gasteiger partial charge in [-0.3, -0.25) is 4.79 Å². The number of nitrogens with one attached hydrogen (secondary N) is 1. The normalized spacial score (nSPS) is 14.3. The van der Waals surface area contributed by atoms with Gasteiger partial charge in [0.2, 0.25) is 10.0 Å². The summed E-state index contributed by atoms with van der Waals surface area (Å²) in [5, 5.41) is 7.33. The largest absolute Gasteiger partial charge is 0.497 e. The summed E-state index contributed by atoms with van der Waals surface area (Å²) < 4.78 is 44.2. The number of hydrogen-bond acceptors (Lipinski definition) is 8. The molecule has 11 nitrogen and oxygen atoms in total. The number of anilines is 1. The van der Waals surface area contributed by atoms with Crippen LogP contribution in [-0.2, 0) is 35.6 Å². The Balaban J connectivity index is 1.32. The second-order valence-electron chi connectivity index (χ2n) is 8.83. The number of benzene rings is 2. The van der Waals surface area contributed by atoms with E-state index in [0.29, 0.717) is 36.2 Å². The van der Waals surface area contributed by atoms with Crippen LogP contribution in [0.5, 0.6) is 5.75 Å². The van der Waals surface area contributed by atoms with Crippen LogP contribution in [0.2, 0.25) is 5.15 Å². The fraction of sp³-hybridized carbons (Fsp3) is 0.296. The molecule has 13 heteroatoms. The maximum Gasteiger partial charge on any atom is 0.331 e. The number of sulfonamides is 1. The van der Waals surface area contributed by atoms with Crippen molar-refractivity contribution < 1.29 is 32.2 Å². The first-order valence-corrected chi connectivity index (χ1v) is 14.2. The number of aryl methyl sites for hydroxylation is 1. The van der Waals surface area contributed by atoms with Gasteiger partial charge in [-0.2, -0.15) is 9.40 Å². The topological polar surface area (TPSA) is 129 Å². The molecule has 1 amide bonds. The van der Waals surface area contributed by atoms with Crippen LogP contribution in [0.4, 0.5) is 5.69 Å². The van der Waals surface area contributed by atoms with E-state index in [9.17, 15) is 18.0 Å². The number of methoxy groups -OCH3 is 1. The number of ether oxygens (including phenoxy) is 3. The molecule has 0 atom stereocenters. The minimum absolute atomic E-state index is 0.0475. The molecular formula is C27H29ClN4O7S. The first-order chi connectivity index (χ1) is 19.2. The summed E-state index contributed by atoms with van der Waals surface area (Å²) in [7, 11) is -2.13. The van der Waals surface area contributed by atoms with Crippen molar-refractivity contribution >= 4 is 45.3 Å². The van der Waals surface area contributed by atoms with Gasteiger partial charge in [-0.15, -0.1) is 0 Å². The van der Waals surface area contributed by atoms with Crippen molar-refractivity contribution in [1.29, 1.82) is 0 Å². The zero-order valence-electron chi connectivity index (χ0n) is 22.0. The van der Waals surface area contributed by atoms with Crippen LogP contribution in [0, 0.1) is 6.92 Å². The zero-order chi connectivity index (χ0) is 28.7. The Morgan fingerprint density at radius 2 is 1.90 bits per heavy atom. The molecule has 212 valence electrons. The molecule has 40 heavy (non-hydrogen) atoms. The Hall–Kier alpha value is -3.71. The van der Waals surface area contributed by atoms with Crippen molar-refractivity contribution in [2.24, 2.45) is 0 Å². The van der Waals surface area contributed by atoms with Crippen LogP contribution >= 0.6 is 11.6 Å². The number of amides is 1. The lowest BCUT2D eigenvalue weighted by Gasteiger charge is -2.26. The van der Waals surface area contributed by atoms with Crippen LogP contribution < -0.4 is 10.1 Å². The second-order valence-corrected chi connectivity index (χ2v) is 11.1. The highest BCUT2D eigenvalue weighted by molar-refractivity contribution is 7.89. The van der Waals surface area contributed by atoms with E-state index < -0.39 is 28.5 Å². The Morgan fingerprint density at radius 1 is 1.15 bits per heavy atom. The number of carbonyl (C=O) groups excluding carboxylic acids is 2. The second kappa shape index (κ2) is 13.1. The van der Waals surface area contributed by atoms with Gasteiger partial charge in [0.05, 0.1) is 37.5 Å². The van der Waals surface area contributed by atoms with Crippen LogP contribution in [0.3, 0.4) is 0 Å². The zero-order valence-corrected chi connectivity index (χ0v) is 23.6. The number of halogens is 1. The highest BCUT2D eigenvalue weighted by atomic mass is 35.5. The van der Waals surface area contributed by atoms with Crippen molar-refractivity contribution in [1.82, 2.24) is 14.1 Å². The number of esters is 1. The van der Waals surface area contributed by atoms with Gasteiger partial charge in [-0.1, -0.05) is 29.8 Å². The standard InChI is InChI=1S/C27H29ClN4O7S/c1-19-24(27(28)32(30-19)17-20-5-3-7-22(15-20)37-2)9-10-26(34)39-18-25(33)29-21-6-4-8-23(16-21)40(35,36)31-11-13-38-14-12-31/h3-10,15-16H,11-14,17-18H2,1-2H3,(H,29,33)/b10-9+. The minimum atomic E-state index is -3.72. The number of aromatic nitrogens is 2. The maximum atomic E-state index is 12.9. The van der Waals surface area contributed by atoms with Crippen LogP contribution in [0.1, 0.15) is 16.8 Å². The molecule has 0 aliphatic carbocycles. The molecule has 0 saturated carbocycles. The van der Waals surface area contributed by atoms with Gasteiger partial charge in [0.25, 0.3) is 5.91 Å². The van der Waals surface area contributed by atoms with Gasteiger partial charge >= 0.3 is 5.97 Å². The van der Waals surface area contributed by atoms with Crippen LogP contribution in [-0.4, -0.2) is 74.4 Å². The number of rotatable bonds is 10. The molecule has 1 aliphatic rings. The number of morpholine rings is 1. The first-order valence-electron chi connectivity index (χ1n) is 12.4. The van der Waals surface area contributed by atoms with Gasteiger partial charge in [0, 0.05) is 30.4 Å². The third-order valence-electron chi connectivity index (χ3n) is 6.03. The fourth-order valence-electron chi connectivity index (χ4n) is 4.01. The summed E-state index contributed by atoms with van der Waals surface area (Å²) in [5.74, 6) is -0.659. The fourth-order valence-corrected chi connectivity index (χ4v) is 5.76. The summed E-state index contributed by atoms with van der Waals surface area (Å²) >= 11 is 6.50. The van der Waals surface area contributed by atoms with Gasteiger partial charge < -0.3 is 19.5 Å². The molecule has 0 spiro atoms. The van der Waals surface area contributed by atoms with Crippen molar-refractivity contribution in [3.05, 3.63) is 76.6 Å². The molecule has 1 aliphatic heterocycles. The highest BCUT2D eigenvalue weighted by Gasteiger charge is 2.26. The first kappa shape index (κ1) is 29.3. The number of nitrogens with zero attached hydrogens (tertiary/aromatic N) is 3. The molecule has 3 aromatic rings. The lowest BCUT2D eigenvalue weighted by Crippen LogP contribution is -2.40. The van der Waals surface area contributed by atoms with Crippen molar-refractivity contribution in [3.8, 4) is 5.75 Å².